The van der Waals surface area contributed by atoms with Crippen molar-refractivity contribution < 1.29 is 4.79 Å². The molecule has 1 heterocycles. The Morgan fingerprint density at radius 2 is 1.47 bits per heavy atom. The van der Waals surface area contributed by atoms with E-state index in [1.165, 1.54) is 16.7 Å². The van der Waals surface area contributed by atoms with Crippen LogP contribution in [0.25, 0.3) is 0 Å². The van der Waals surface area contributed by atoms with Crippen LogP contribution in [0, 0.1) is 13.8 Å². The van der Waals surface area contributed by atoms with Gasteiger partial charge in [0, 0.05) is 12.1 Å². The van der Waals surface area contributed by atoms with Crippen LogP contribution in [-0.2, 0) is 0 Å². The van der Waals surface area contributed by atoms with Crippen LogP contribution in [0.1, 0.15) is 33.1 Å². The Balaban J connectivity index is 1.74. The molecule has 0 aromatic heterocycles. The van der Waals surface area contributed by atoms with Crippen LogP contribution >= 0.6 is 0 Å². The molecule has 96 valence electrons. The van der Waals surface area contributed by atoms with Crippen molar-refractivity contribution in [3.05, 3.63) is 70.8 Å². The van der Waals surface area contributed by atoms with E-state index in [1.807, 2.05) is 36.1 Å². The predicted molar refractivity (Wildman–Crippen MR) is 76.1 cm³/mol. The summed E-state index contributed by atoms with van der Waals surface area (Å²) in [7, 11) is 0. The molecule has 0 radical (unpaired) electrons. The van der Waals surface area contributed by atoms with E-state index in [2.05, 4.69) is 31.2 Å². The van der Waals surface area contributed by atoms with Crippen molar-refractivity contribution in [3.63, 3.8) is 0 Å². The van der Waals surface area contributed by atoms with Gasteiger partial charge < -0.3 is 4.90 Å². The summed E-state index contributed by atoms with van der Waals surface area (Å²) in [5, 5.41) is 0. The van der Waals surface area contributed by atoms with E-state index in [1.54, 1.807) is 0 Å². The van der Waals surface area contributed by atoms with Gasteiger partial charge in [-0.3, -0.25) is 4.79 Å². The van der Waals surface area contributed by atoms with E-state index < -0.39 is 0 Å². The predicted octanol–water partition coefficient (Wildman–Crippen LogP) is 3.50. The van der Waals surface area contributed by atoms with Gasteiger partial charge >= 0.3 is 0 Å². The molecule has 1 aliphatic heterocycles. The van der Waals surface area contributed by atoms with E-state index in [4.69, 9.17) is 0 Å². The first-order valence-corrected chi connectivity index (χ1v) is 6.59. The first-order valence-electron chi connectivity index (χ1n) is 6.59. The molecule has 1 atom stereocenters. The van der Waals surface area contributed by atoms with Gasteiger partial charge in [0.25, 0.3) is 5.91 Å². The van der Waals surface area contributed by atoms with Crippen LogP contribution in [0.5, 0.6) is 0 Å². The average Bonchev–Trinajstić information content (AvgIpc) is 3.20. The quantitative estimate of drug-likeness (QED) is 0.748. The number of carbonyl (C=O) groups excluding carboxylic acids is 1. The van der Waals surface area contributed by atoms with Crippen molar-refractivity contribution in [1.29, 1.82) is 0 Å². The minimum atomic E-state index is 0.130. The second kappa shape index (κ2) is 4.54. The SMILES string of the molecule is Cc1ccc(C(=O)N2CC2c2ccc(C)cc2)cc1. The summed E-state index contributed by atoms with van der Waals surface area (Å²) < 4.78 is 0. The van der Waals surface area contributed by atoms with Crippen molar-refractivity contribution in [1.82, 2.24) is 4.90 Å². The third kappa shape index (κ3) is 2.39. The van der Waals surface area contributed by atoms with Crippen LogP contribution in [0.15, 0.2) is 48.5 Å². The average molecular weight is 251 g/mol. The zero-order chi connectivity index (χ0) is 13.4. The first kappa shape index (κ1) is 12.0. The van der Waals surface area contributed by atoms with Gasteiger partial charge in [0.2, 0.25) is 0 Å². The largest absolute Gasteiger partial charge is 0.327 e. The Labute approximate surface area is 113 Å². The van der Waals surface area contributed by atoms with Crippen LogP contribution in [0.3, 0.4) is 0 Å². The molecule has 0 aliphatic carbocycles. The molecule has 1 saturated heterocycles. The lowest BCUT2D eigenvalue weighted by atomic mass is 10.1. The van der Waals surface area contributed by atoms with Gasteiger partial charge in [-0.05, 0) is 31.5 Å². The molecule has 1 amide bonds. The summed E-state index contributed by atoms with van der Waals surface area (Å²) in [5.41, 5.74) is 4.43. The highest BCUT2D eigenvalue weighted by Gasteiger charge is 2.39. The summed E-state index contributed by atoms with van der Waals surface area (Å²) in [6.45, 7) is 4.93. The molecule has 3 rings (SSSR count). The number of rotatable bonds is 2. The zero-order valence-electron chi connectivity index (χ0n) is 11.3. The monoisotopic (exact) mass is 251 g/mol. The van der Waals surface area contributed by atoms with E-state index >= 15 is 0 Å². The summed E-state index contributed by atoms with van der Waals surface area (Å²) in [6, 6.07) is 16.5. The number of hydrogen-bond acceptors (Lipinski definition) is 1. The molecule has 0 N–H and O–H groups in total. The van der Waals surface area contributed by atoms with Gasteiger partial charge in [0.15, 0.2) is 0 Å². The molecule has 19 heavy (non-hydrogen) atoms. The summed E-state index contributed by atoms with van der Waals surface area (Å²) >= 11 is 0. The Morgan fingerprint density at radius 3 is 2.05 bits per heavy atom. The van der Waals surface area contributed by atoms with Gasteiger partial charge in [0.1, 0.15) is 0 Å². The number of amides is 1. The smallest absolute Gasteiger partial charge is 0.254 e. The number of aryl methyl sites for hydroxylation is 2. The molecule has 1 fully saturated rings. The minimum Gasteiger partial charge on any atom is -0.327 e. The topological polar surface area (TPSA) is 20.1 Å². The van der Waals surface area contributed by atoms with Gasteiger partial charge in [0.05, 0.1) is 6.04 Å². The number of carbonyl (C=O) groups is 1. The van der Waals surface area contributed by atoms with Crippen molar-refractivity contribution in [2.45, 2.75) is 19.9 Å². The Hall–Kier alpha value is -2.09. The highest BCUT2D eigenvalue weighted by atomic mass is 16.2. The van der Waals surface area contributed by atoms with E-state index in [0.717, 1.165) is 12.1 Å². The molecular formula is C17H17NO. The third-order valence-corrected chi connectivity index (χ3v) is 3.63. The van der Waals surface area contributed by atoms with Crippen LogP contribution in [-0.4, -0.2) is 17.4 Å². The van der Waals surface area contributed by atoms with Crippen LogP contribution in [0.2, 0.25) is 0 Å². The van der Waals surface area contributed by atoms with Crippen molar-refractivity contribution in [2.75, 3.05) is 6.54 Å². The molecule has 1 unspecified atom stereocenters. The standard InChI is InChI=1S/C17H17NO/c1-12-3-7-14(8-4-12)16-11-18(16)17(19)15-9-5-13(2)6-10-15/h3-10,16H,11H2,1-2H3. The van der Waals surface area contributed by atoms with Crippen molar-refractivity contribution in [3.8, 4) is 0 Å². The Morgan fingerprint density at radius 1 is 0.947 bits per heavy atom. The van der Waals surface area contributed by atoms with E-state index in [9.17, 15) is 4.79 Å². The van der Waals surface area contributed by atoms with Gasteiger partial charge in [-0.2, -0.15) is 0 Å². The maximum Gasteiger partial charge on any atom is 0.254 e. The molecule has 0 bridgehead atoms. The molecule has 0 saturated carbocycles. The fraction of sp³-hybridized carbons (Fsp3) is 0.235. The zero-order valence-corrected chi connectivity index (χ0v) is 11.3. The molecule has 1 aliphatic rings. The summed E-state index contributed by atoms with van der Waals surface area (Å²) in [5.74, 6) is 0.130. The minimum absolute atomic E-state index is 0.130. The number of hydrogen-bond donors (Lipinski definition) is 0. The highest BCUT2D eigenvalue weighted by Crippen LogP contribution is 2.36. The normalized spacial score (nSPS) is 17.4. The second-order valence-corrected chi connectivity index (χ2v) is 5.25. The maximum atomic E-state index is 12.3. The number of nitrogens with zero attached hydrogens (tertiary/aromatic N) is 1. The molecule has 2 aromatic rings. The first-order chi connectivity index (χ1) is 9.15. The van der Waals surface area contributed by atoms with Gasteiger partial charge in [-0.1, -0.05) is 47.5 Å². The van der Waals surface area contributed by atoms with Crippen molar-refractivity contribution in [2.24, 2.45) is 0 Å². The molecule has 0 spiro atoms. The summed E-state index contributed by atoms with van der Waals surface area (Å²) in [6.07, 6.45) is 0. The Kier molecular flexibility index (Phi) is 2.86. The number of benzene rings is 2. The lowest BCUT2D eigenvalue weighted by molar-refractivity contribution is 0.0874. The van der Waals surface area contributed by atoms with Crippen molar-refractivity contribution >= 4 is 5.91 Å². The van der Waals surface area contributed by atoms with Gasteiger partial charge in [-0.15, -0.1) is 0 Å². The molecule has 2 nitrogen and oxygen atoms in total. The van der Waals surface area contributed by atoms with E-state index in [0.29, 0.717) is 0 Å². The van der Waals surface area contributed by atoms with Crippen LogP contribution < -0.4 is 0 Å². The molecular weight excluding hydrogens is 234 g/mol. The van der Waals surface area contributed by atoms with Gasteiger partial charge in [-0.25, -0.2) is 0 Å². The van der Waals surface area contributed by atoms with Crippen LogP contribution in [0.4, 0.5) is 0 Å². The highest BCUT2D eigenvalue weighted by molar-refractivity contribution is 5.96. The lowest BCUT2D eigenvalue weighted by Crippen LogP contribution is -2.11. The lowest BCUT2D eigenvalue weighted by Gasteiger charge is -2.05. The van der Waals surface area contributed by atoms with E-state index in [-0.39, 0.29) is 11.9 Å². The Bertz CT molecular complexity index is 598. The fourth-order valence-corrected chi connectivity index (χ4v) is 2.30. The third-order valence-electron chi connectivity index (χ3n) is 3.63. The molecule has 2 aromatic carbocycles. The second-order valence-electron chi connectivity index (χ2n) is 5.25. The fourth-order valence-electron chi connectivity index (χ4n) is 2.30. The summed E-state index contributed by atoms with van der Waals surface area (Å²) in [4.78, 5) is 14.2. The maximum absolute atomic E-state index is 12.3. The molecule has 2 heteroatoms.